The van der Waals surface area contributed by atoms with Crippen LogP contribution in [0.25, 0.3) is 0 Å². The minimum Gasteiger partial charge on any atom is -0.326 e. The number of hydrogen-bond acceptors (Lipinski definition) is 3. The Morgan fingerprint density at radius 2 is 1.76 bits per heavy atom. The fourth-order valence-corrected chi connectivity index (χ4v) is 2.02. The van der Waals surface area contributed by atoms with Crippen molar-refractivity contribution in [2.24, 2.45) is 17.6 Å². The van der Waals surface area contributed by atoms with Gasteiger partial charge in [0.15, 0.2) is 0 Å². The first-order valence-electron chi connectivity index (χ1n) is 5.73. The Hall–Kier alpha value is -1.68. The zero-order valence-electron chi connectivity index (χ0n) is 10.0. The normalized spacial score (nSPS) is 24.5. The highest BCUT2D eigenvalue weighted by molar-refractivity contribution is 6.21. The number of carbonyl (C=O) groups is 2. The molecular weight excluding hydrogens is 216 g/mol. The molecule has 0 bridgehead atoms. The fraction of sp³-hybridized carbons (Fsp3) is 0.385. The van der Waals surface area contributed by atoms with Gasteiger partial charge < -0.3 is 5.73 Å². The second-order valence-corrected chi connectivity index (χ2v) is 4.46. The van der Waals surface area contributed by atoms with Crippen molar-refractivity contribution in [3.05, 3.63) is 29.8 Å². The minimum atomic E-state index is -0.246. The standard InChI is InChI=1S/C13H16N2O2/c1-8-9(2)13(17)15(12(8)16)11-5-3-4-10(6-11)7-14/h3-6,8-9H,7,14H2,1-2H3. The summed E-state index contributed by atoms with van der Waals surface area (Å²) in [5.74, 6) is -0.749. The monoisotopic (exact) mass is 232 g/mol. The topological polar surface area (TPSA) is 63.4 Å². The Labute approximate surface area is 100 Å². The lowest BCUT2D eigenvalue weighted by atomic mass is 10.00. The fourth-order valence-electron chi connectivity index (χ4n) is 2.02. The van der Waals surface area contributed by atoms with E-state index in [0.29, 0.717) is 12.2 Å². The predicted molar refractivity (Wildman–Crippen MR) is 65.2 cm³/mol. The molecule has 4 heteroatoms. The van der Waals surface area contributed by atoms with E-state index in [9.17, 15) is 9.59 Å². The van der Waals surface area contributed by atoms with Crippen molar-refractivity contribution in [2.75, 3.05) is 4.90 Å². The largest absolute Gasteiger partial charge is 0.326 e. The van der Waals surface area contributed by atoms with Crippen LogP contribution in [0.3, 0.4) is 0 Å². The van der Waals surface area contributed by atoms with Gasteiger partial charge in [0.1, 0.15) is 0 Å². The van der Waals surface area contributed by atoms with Crippen molar-refractivity contribution < 1.29 is 9.59 Å². The first-order chi connectivity index (χ1) is 8.06. The highest BCUT2D eigenvalue weighted by atomic mass is 16.2. The lowest BCUT2D eigenvalue weighted by molar-refractivity contribution is -0.122. The molecule has 17 heavy (non-hydrogen) atoms. The summed E-state index contributed by atoms with van der Waals surface area (Å²) in [6, 6.07) is 7.24. The van der Waals surface area contributed by atoms with Crippen LogP contribution in [0.15, 0.2) is 24.3 Å². The minimum absolute atomic E-state index is 0.128. The first kappa shape index (κ1) is 11.8. The number of anilines is 1. The SMILES string of the molecule is CC1C(=O)N(c2cccc(CN)c2)C(=O)C1C. The molecular formula is C13H16N2O2. The Kier molecular flexibility index (Phi) is 2.98. The van der Waals surface area contributed by atoms with E-state index in [-0.39, 0.29) is 23.7 Å². The van der Waals surface area contributed by atoms with Gasteiger partial charge in [0, 0.05) is 18.4 Å². The van der Waals surface area contributed by atoms with Crippen LogP contribution >= 0.6 is 0 Å². The molecule has 1 aliphatic heterocycles. The lowest BCUT2D eigenvalue weighted by Gasteiger charge is -2.15. The molecule has 0 radical (unpaired) electrons. The van der Waals surface area contributed by atoms with Gasteiger partial charge in [-0.1, -0.05) is 26.0 Å². The van der Waals surface area contributed by atoms with Crippen LogP contribution in [-0.2, 0) is 16.1 Å². The van der Waals surface area contributed by atoms with Crippen LogP contribution < -0.4 is 10.6 Å². The molecule has 2 amide bonds. The van der Waals surface area contributed by atoms with Crippen molar-refractivity contribution in [1.29, 1.82) is 0 Å². The predicted octanol–water partition coefficient (Wildman–Crippen LogP) is 1.29. The molecule has 1 saturated heterocycles. The van der Waals surface area contributed by atoms with Gasteiger partial charge in [-0.25, -0.2) is 0 Å². The van der Waals surface area contributed by atoms with Crippen molar-refractivity contribution in [2.45, 2.75) is 20.4 Å². The number of rotatable bonds is 2. The number of benzene rings is 1. The first-order valence-corrected chi connectivity index (χ1v) is 5.73. The third-order valence-corrected chi connectivity index (χ3v) is 3.37. The van der Waals surface area contributed by atoms with Gasteiger partial charge in [-0.05, 0) is 17.7 Å². The van der Waals surface area contributed by atoms with Gasteiger partial charge in [-0.3, -0.25) is 14.5 Å². The van der Waals surface area contributed by atoms with Crippen LogP contribution in [0.4, 0.5) is 5.69 Å². The van der Waals surface area contributed by atoms with Crippen LogP contribution in [-0.4, -0.2) is 11.8 Å². The third kappa shape index (κ3) is 1.85. The second-order valence-electron chi connectivity index (χ2n) is 4.46. The summed E-state index contributed by atoms with van der Waals surface area (Å²) >= 11 is 0. The van der Waals surface area contributed by atoms with Crippen molar-refractivity contribution in [3.8, 4) is 0 Å². The molecule has 1 aromatic rings. The Morgan fingerprint density at radius 1 is 1.18 bits per heavy atom. The second kappa shape index (κ2) is 4.30. The number of hydrogen-bond donors (Lipinski definition) is 1. The van der Waals surface area contributed by atoms with E-state index in [0.717, 1.165) is 5.56 Å². The van der Waals surface area contributed by atoms with Gasteiger partial charge in [0.25, 0.3) is 0 Å². The van der Waals surface area contributed by atoms with E-state index in [1.165, 1.54) is 4.90 Å². The van der Waals surface area contributed by atoms with E-state index < -0.39 is 0 Å². The van der Waals surface area contributed by atoms with Gasteiger partial charge in [0.2, 0.25) is 11.8 Å². The summed E-state index contributed by atoms with van der Waals surface area (Å²) in [6.07, 6.45) is 0. The summed E-state index contributed by atoms with van der Waals surface area (Å²) in [5, 5.41) is 0. The molecule has 2 unspecified atom stereocenters. The number of nitrogens with zero attached hydrogens (tertiary/aromatic N) is 1. The van der Waals surface area contributed by atoms with Crippen molar-refractivity contribution in [3.63, 3.8) is 0 Å². The quantitative estimate of drug-likeness (QED) is 0.781. The van der Waals surface area contributed by atoms with Crippen LogP contribution in [0.5, 0.6) is 0 Å². The molecule has 0 spiro atoms. The summed E-state index contributed by atoms with van der Waals surface area (Å²) in [6.45, 7) is 3.98. The average molecular weight is 232 g/mol. The maximum atomic E-state index is 12.0. The van der Waals surface area contributed by atoms with E-state index in [4.69, 9.17) is 5.73 Å². The van der Waals surface area contributed by atoms with Crippen molar-refractivity contribution >= 4 is 17.5 Å². The Morgan fingerprint density at radius 3 is 2.29 bits per heavy atom. The van der Waals surface area contributed by atoms with Gasteiger partial charge in [-0.2, -0.15) is 0 Å². The number of carbonyl (C=O) groups excluding carboxylic acids is 2. The van der Waals surface area contributed by atoms with Crippen LogP contribution in [0.2, 0.25) is 0 Å². The molecule has 1 heterocycles. The van der Waals surface area contributed by atoms with Gasteiger partial charge in [-0.15, -0.1) is 0 Å². The number of nitrogens with two attached hydrogens (primary N) is 1. The van der Waals surface area contributed by atoms with Crippen molar-refractivity contribution in [1.82, 2.24) is 0 Å². The molecule has 1 fully saturated rings. The Balaban J connectivity index is 2.40. The molecule has 4 nitrogen and oxygen atoms in total. The highest BCUT2D eigenvalue weighted by Gasteiger charge is 2.42. The molecule has 0 saturated carbocycles. The maximum absolute atomic E-state index is 12.0. The lowest BCUT2D eigenvalue weighted by Crippen LogP contribution is -2.30. The maximum Gasteiger partial charge on any atom is 0.237 e. The Bertz CT molecular complexity index is 450. The third-order valence-electron chi connectivity index (χ3n) is 3.37. The highest BCUT2D eigenvalue weighted by Crippen LogP contribution is 2.30. The zero-order valence-corrected chi connectivity index (χ0v) is 10.0. The van der Waals surface area contributed by atoms with Crippen LogP contribution in [0, 0.1) is 11.8 Å². The zero-order chi connectivity index (χ0) is 12.6. The molecule has 2 rings (SSSR count). The van der Waals surface area contributed by atoms with E-state index in [1.54, 1.807) is 26.0 Å². The van der Waals surface area contributed by atoms with E-state index in [1.807, 2.05) is 12.1 Å². The molecule has 90 valence electrons. The van der Waals surface area contributed by atoms with Crippen LogP contribution in [0.1, 0.15) is 19.4 Å². The number of amides is 2. The molecule has 1 aromatic carbocycles. The molecule has 0 aromatic heterocycles. The summed E-state index contributed by atoms with van der Waals surface area (Å²) in [4.78, 5) is 25.3. The van der Waals surface area contributed by atoms with E-state index in [2.05, 4.69) is 0 Å². The summed E-state index contributed by atoms with van der Waals surface area (Å²) < 4.78 is 0. The molecule has 2 N–H and O–H groups in total. The molecule has 1 aliphatic rings. The van der Waals surface area contributed by atoms with Gasteiger partial charge in [0.05, 0.1) is 5.69 Å². The average Bonchev–Trinajstić information content (AvgIpc) is 2.54. The van der Waals surface area contributed by atoms with Gasteiger partial charge >= 0.3 is 0 Å². The smallest absolute Gasteiger partial charge is 0.237 e. The number of imide groups is 1. The molecule has 0 aliphatic carbocycles. The summed E-state index contributed by atoms with van der Waals surface area (Å²) in [5.41, 5.74) is 7.09. The summed E-state index contributed by atoms with van der Waals surface area (Å²) in [7, 11) is 0. The van der Waals surface area contributed by atoms with E-state index >= 15 is 0 Å². The molecule has 2 atom stereocenters.